The van der Waals surface area contributed by atoms with Crippen LogP contribution in [0.1, 0.15) is 190 Å². The van der Waals surface area contributed by atoms with Crippen molar-refractivity contribution in [2.45, 2.75) is 257 Å². The third kappa shape index (κ3) is 23.5. The van der Waals surface area contributed by atoms with Crippen LogP contribution in [0.25, 0.3) is 0 Å². The van der Waals surface area contributed by atoms with Crippen LogP contribution in [0.5, 0.6) is 0 Å². The van der Waals surface area contributed by atoms with Crippen LogP contribution in [0, 0.1) is 40.9 Å². The van der Waals surface area contributed by atoms with Crippen molar-refractivity contribution in [3.05, 3.63) is 12.2 Å². The average Bonchev–Trinajstić information content (AvgIpc) is 1.79. The molecule has 0 aromatic rings. The second kappa shape index (κ2) is 39.4. The summed E-state index contributed by atoms with van der Waals surface area (Å²) < 4.78 is 62.3. The van der Waals surface area contributed by atoms with Crippen molar-refractivity contribution >= 4 is 71.4 Å². The minimum Gasteiger partial charge on any atom is -0.352 e. The third-order valence-corrected chi connectivity index (χ3v) is 22.3. The summed E-state index contributed by atoms with van der Waals surface area (Å²) in [5.41, 5.74) is 0.0518. The molecule has 1 saturated heterocycles. The lowest BCUT2D eigenvalue weighted by atomic mass is 9.68. The van der Waals surface area contributed by atoms with Gasteiger partial charge in [0, 0.05) is 82.1 Å². The largest absolute Gasteiger partial charge is 0.394 e. The molecular formula is C74H122F4N12O13. The van der Waals surface area contributed by atoms with E-state index in [2.05, 4.69) is 29.8 Å². The van der Waals surface area contributed by atoms with Gasteiger partial charge in [-0.3, -0.25) is 57.5 Å². The maximum absolute atomic E-state index is 15.3. The summed E-state index contributed by atoms with van der Waals surface area (Å²) in [5, 5.41) is 8.67. The number of carbonyl (C=O) groups excluding carboxylic acids is 12. The highest BCUT2D eigenvalue weighted by Gasteiger charge is 2.50. The van der Waals surface area contributed by atoms with Crippen molar-refractivity contribution in [2.24, 2.45) is 40.9 Å². The van der Waals surface area contributed by atoms with Crippen LogP contribution >= 0.6 is 0 Å². The molecule has 103 heavy (non-hydrogen) atoms. The Bertz CT molecular complexity index is 2940. The molecule has 3 unspecified atom stereocenters. The molecule has 584 valence electrons. The van der Waals surface area contributed by atoms with E-state index in [-0.39, 0.29) is 93.3 Å². The van der Waals surface area contributed by atoms with Gasteiger partial charge in [0.15, 0.2) is 0 Å². The number of nitrogens with one attached hydrogen (secondary N) is 3. The Balaban J connectivity index is 1.35. The van der Waals surface area contributed by atoms with Gasteiger partial charge in [0.05, 0.1) is 25.4 Å². The summed E-state index contributed by atoms with van der Waals surface area (Å²) in [5.74, 6) is -10.5. The monoisotopic (exact) mass is 1460 g/mol. The fourth-order valence-electron chi connectivity index (χ4n) is 15.7. The molecule has 4 fully saturated rings. The Hall–Kier alpha value is -6.94. The Kier molecular flexibility index (Phi) is 33.2. The molecule has 13 atom stereocenters. The molecule has 3 N–H and O–H groups in total. The van der Waals surface area contributed by atoms with Gasteiger partial charge in [0.1, 0.15) is 48.5 Å². The first-order valence-electron chi connectivity index (χ1n) is 37.5. The van der Waals surface area contributed by atoms with Gasteiger partial charge in [0.25, 0.3) is 5.91 Å². The van der Waals surface area contributed by atoms with Gasteiger partial charge in [-0.2, -0.15) is 13.2 Å². The summed E-state index contributed by atoms with van der Waals surface area (Å²) in [7, 11) is 11.3. The Morgan fingerprint density at radius 2 is 1.41 bits per heavy atom. The van der Waals surface area contributed by atoms with Crippen molar-refractivity contribution < 1.29 is 79.8 Å². The fraction of sp³-hybridized carbons (Fsp3) is 0.811. The second-order valence-corrected chi connectivity index (χ2v) is 31.2. The molecule has 3 aliphatic carbocycles. The molecule has 2 aliphatic heterocycles. The number of carbonyl (C=O) groups is 12. The van der Waals surface area contributed by atoms with E-state index in [9.17, 15) is 61.1 Å². The molecule has 29 heteroatoms. The van der Waals surface area contributed by atoms with Crippen LogP contribution in [-0.4, -0.2) is 272 Å². The molecule has 0 aromatic carbocycles. The van der Waals surface area contributed by atoms with E-state index >= 15 is 14.0 Å². The van der Waals surface area contributed by atoms with Crippen molar-refractivity contribution in [1.82, 2.24) is 60.0 Å². The number of likely N-dealkylation sites (tertiary alicyclic amines) is 1. The molecule has 25 nitrogen and oxygen atoms in total. The molecular weight excluding hydrogens is 1340 g/mol. The smallest absolute Gasteiger partial charge is 0.352 e. The standard InChI is InChI=1S/C74H122F4N12O13/c1-17-35-103-72(88(16)60(93)39-57(67(98)82(9)10)87(15)71(102)63(85(13)45-91)50(19-3)20-4)65(96)81-62(47(6)18-2)70(101)84(12)44-61(94)86(14)55-29-25-22-26-34-89(69(55)100)58(38-48-27-23-21-24-28-48)68(99)83(11)43-59(92)80-54(33-31-49-30-32-52(53(75)37-49)74(76,77)78)66(97)90-42-46(5)36-56(90)64(95)79-51-40-73(7,8)41-51/h22,25,45-58,62-63,72H,17-21,23-24,26-44H2,1-16H3,(H,79,95)(H,80,92)(H,81,96)/b25-22-/t46-,47-,49?,52?,53?,54-,55-,56-,57-,58-,62-,63-,72-/m0/s1. The van der Waals surface area contributed by atoms with Crippen LogP contribution < -0.4 is 16.0 Å². The van der Waals surface area contributed by atoms with Crippen molar-refractivity contribution in [3.8, 4) is 0 Å². The van der Waals surface area contributed by atoms with Crippen LogP contribution in [0.15, 0.2) is 12.2 Å². The lowest BCUT2D eigenvalue weighted by Gasteiger charge is -2.43. The highest BCUT2D eigenvalue weighted by Crippen LogP contribution is 2.43. The number of amides is 12. The Morgan fingerprint density at radius 1 is 0.767 bits per heavy atom. The lowest BCUT2D eigenvalue weighted by Crippen LogP contribution is -2.60. The van der Waals surface area contributed by atoms with Crippen molar-refractivity contribution in [1.29, 1.82) is 0 Å². The molecule has 2 heterocycles. The number of nitrogens with zero attached hydrogens (tertiary/aromatic N) is 9. The summed E-state index contributed by atoms with van der Waals surface area (Å²) in [6.07, 6.45) is 3.04. The van der Waals surface area contributed by atoms with E-state index in [0.717, 1.165) is 59.6 Å². The number of hydrogen-bond acceptors (Lipinski definition) is 13. The van der Waals surface area contributed by atoms with Gasteiger partial charge in [-0.15, -0.1) is 0 Å². The number of ether oxygens (including phenoxy) is 1. The van der Waals surface area contributed by atoms with Gasteiger partial charge in [-0.1, -0.05) is 119 Å². The van der Waals surface area contributed by atoms with Gasteiger partial charge in [-0.25, -0.2) is 4.39 Å². The number of halogens is 4. The lowest BCUT2D eigenvalue weighted by molar-refractivity contribution is -0.201. The predicted octanol–water partition coefficient (Wildman–Crippen LogP) is 6.31. The van der Waals surface area contributed by atoms with E-state index in [0.29, 0.717) is 44.9 Å². The molecule has 0 spiro atoms. The zero-order valence-electron chi connectivity index (χ0n) is 64.2. The van der Waals surface area contributed by atoms with Gasteiger partial charge >= 0.3 is 6.18 Å². The first-order chi connectivity index (χ1) is 48.4. The summed E-state index contributed by atoms with van der Waals surface area (Å²) >= 11 is 0. The highest BCUT2D eigenvalue weighted by molar-refractivity contribution is 5.98. The zero-order chi connectivity index (χ0) is 77.1. The predicted molar refractivity (Wildman–Crippen MR) is 380 cm³/mol. The Morgan fingerprint density at radius 3 is 1.98 bits per heavy atom. The average molecular weight is 1460 g/mol. The minimum absolute atomic E-state index is 0.00951. The van der Waals surface area contributed by atoms with E-state index < -0.39 is 164 Å². The SMILES string of the molecule is CCCO[C@@H](C(=O)N[C@H](C(=O)N(C)CC(=O)N(C)[C@H]1C/C=C\CCN([C@@H](CC2CCCCC2)C(=O)N(C)CC(=O)N[C@@H](CCC2CCC(C(F)(F)F)C(F)C2)C(=O)N2C[C@@H](C)C[C@H]2C(=O)NC2CC(C)(C)C2)C1=O)[C@@H](C)CC)N(C)C(=O)C[C@@H](C(=O)N(C)C)N(C)C(=O)[C@H](C(CC)CC)N(C)C=O. The van der Waals surface area contributed by atoms with E-state index in [4.69, 9.17) is 4.74 Å². The van der Waals surface area contributed by atoms with Gasteiger partial charge in [0.2, 0.25) is 71.7 Å². The first kappa shape index (κ1) is 86.7. The summed E-state index contributed by atoms with van der Waals surface area (Å²) in [6, 6.07) is -8.12. The second-order valence-electron chi connectivity index (χ2n) is 31.2. The maximum atomic E-state index is 15.3. The Labute approximate surface area is 608 Å². The number of likely N-dealkylation sites (N-methyl/N-ethyl adjacent to an activating group) is 7. The fourth-order valence-corrected chi connectivity index (χ4v) is 15.7. The molecule has 12 amide bonds. The first-order valence-corrected chi connectivity index (χ1v) is 37.5. The molecule has 5 rings (SSSR count). The molecule has 0 radical (unpaired) electrons. The molecule has 0 bridgehead atoms. The quantitative estimate of drug-likeness (QED) is 0.0272. The zero-order valence-corrected chi connectivity index (χ0v) is 64.2. The van der Waals surface area contributed by atoms with E-state index in [1.807, 2.05) is 26.8 Å². The maximum Gasteiger partial charge on any atom is 0.394 e. The van der Waals surface area contributed by atoms with Crippen LogP contribution in [0.3, 0.4) is 0 Å². The third-order valence-electron chi connectivity index (χ3n) is 22.3. The van der Waals surface area contributed by atoms with Gasteiger partial charge < -0.3 is 64.8 Å². The van der Waals surface area contributed by atoms with Crippen LogP contribution in [0.2, 0.25) is 0 Å². The molecule has 0 aromatic heterocycles. The highest BCUT2D eigenvalue weighted by atomic mass is 19.4. The molecule has 3 saturated carbocycles. The number of rotatable bonds is 35. The normalized spacial score (nSPS) is 23.3. The van der Waals surface area contributed by atoms with Crippen LogP contribution in [-0.2, 0) is 62.3 Å². The molecule has 5 aliphatic rings. The van der Waals surface area contributed by atoms with E-state index in [1.54, 1.807) is 26.8 Å². The number of hydrogen-bond donors (Lipinski definition) is 3. The number of alkyl halides is 4. The van der Waals surface area contributed by atoms with E-state index in [1.165, 1.54) is 85.8 Å². The van der Waals surface area contributed by atoms with Crippen LogP contribution in [0.4, 0.5) is 17.6 Å². The summed E-state index contributed by atoms with van der Waals surface area (Å²) in [6.45, 7) is 14.3. The van der Waals surface area contributed by atoms with Gasteiger partial charge in [-0.05, 0) is 112 Å². The summed E-state index contributed by atoms with van der Waals surface area (Å²) in [4.78, 5) is 183. The van der Waals surface area contributed by atoms with Crippen molar-refractivity contribution in [3.63, 3.8) is 0 Å². The minimum atomic E-state index is -4.71. The van der Waals surface area contributed by atoms with Crippen molar-refractivity contribution in [2.75, 3.05) is 89.2 Å². The topological polar surface area (TPSA) is 279 Å².